The third-order valence-electron chi connectivity index (χ3n) is 6.64. The van der Waals surface area contributed by atoms with Gasteiger partial charge in [0.15, 0.2) is 6.29 Å². The molecule has 0 aromatic rings. The molecule has 0 radical (unpaired) electrons. The molecule has 11 heteroatoms. The summed E-state index contributed by atoms with van der Waals surface area (Å²) in [6, 6.07) is 0. The van der Waals surface area contributed by atoms with Gasteiger partial charge in [-0.1, -0.05) is 27.7 Å². The molecule has 0 aromatic carbocycles. The van der Waals surface area contributed by atoms with Gasteiger partial charge in [0.2, 0.25) is 21.8 Å². The molecule has 0 saturated carbocycles. The maximum absolute atomic E-state index is 13.0. The molecule has 0 bridgehead atoms. The van der Waals surface area contributed by atoms with Crippen molar-refractivity contribution in [3.63, 3.8) is 0 Å². The van der Waals surface area contributed by atoms with Gasteiger partial charge in [0.1, 0.15) is 0 Å². The second-order valence-corrected chi connectivity index (χ2v) is 12.7. The summed E-state index contributed by atoms with van der Waals surface area (Å²) in [4.78, 5) is 31.2. The number of hydroxylamine groups is 1. The van der Waals surface area contributed by atoms with E-state index < -0.39 is 16.3 Å². The van der Waals surface area contributed by atoms with Crippen molar-refractivity contribution in [2.75, 3.05) is 39.2 Å². The van der Waals surface area contributed by atoms with Crippen molar-refractivity contribution >= 4 is 21.8 Å². The van der Waals surface area contributed by atoms with Gasteiger partial charge < -0.3 is 9.47 Å². The lowest BCUT2D eigenvalue weighted by atomic mass is 9.81. The van der Waals surface area contributed by atoms with E-state index in [1.807, 2.05) is 27.7 Å². The molecular weight excluding hydrogens is 486 g/mol. The van der Waals surface area contributed by atoms with Crippen LogP contribution in [0.5, 0.6) is 0 Å². The van der Waals surface area contributed by atoms with E-state index in [1.165, 1.54) is 5.01 Å². The van der Waals surface area contributed by atoms with Gasteiger partial charge in [-0.25, -0.2) is 18.7 Å². The number of amides is 2. The summed E-state index contributed by atoms with van der Waals surface area (Å²) in [6.45, 7) is 10.3. The fraction of sp³-hybridized carbons (Fsp3) is 0.920. The van der Waals surface area contributed by atoms with Gasteiger partial charge in [-0.15, -0.1) is 4.41 Å². The van der Waals surface area contributed by atoms with Gasteiger partial charge in [-0.3, -0.25) is 14.6 Å². The number of nitrogens with one attached hydrogen (secondary N) is 1. The van der Waals surface area contributed by atoms with Gasteiger partial charge in [-0.2, -0.15) is 0 Å². The second-order valence-electron chi connectivity index (χ2n) is 10.9. The van der Waals surface area contributed by atoms with Gasteiger partial charge in [0.05, 0.1) is 6.26 Å². The van der Waals surface area contributed by atoms with E-state index in [1.54, 1.807) is 0 Å². The lowest BCUT2D eigenvalue weighted by Crippen LogP contribution is -2.51. The van der Waals surface area contributed by atoms with Crippen LogP contribution in [0, 0.1) is 23.7 Å². The molecule has 2 saturated heterocycles. The standard InChI is InChI=1S/C25H47N3O7S/c1-19(2)10-11-24(30)27(28(18-20(3)4)36(5,31)32)14-6-9-23(29)26-35-25-22(8-7-15-34-25)21-12-16-33-17-13-21/h19-22,25H,6-18H2,1-5H3,(H,26,29)/t22-,25+/m1/s1. The monoisotopic (exact) mass is 533 g/mol. The molecule has 2 rings (SSSR count). The zero-order valence-electron chi connectivity index (χ0n) is 22.7. The highest BCUT2D eigenvalue weighted by Crippen LogP contribution is 2.34. The molecule has 0 spiro atoms. The van der Waals surface area contributed by atoms with E-state index in [2.05, 4.69) is 5.48 Å². The normalized spacial score (nSPS) is 21.8. The van der Waals surface area contributed by atoms with E-state index in [0.717, 1.165) is 49.6 Å². The highest BCUT2D eigenvalue weighted by Gasteiger charge is 2.35. The summed E-state index contributed by atoms with van der Waals surface area (Å²) in [6.07, 6.45) is 5.86. The second kappa shape index (κ2) is 15.2. The highest BCUT2D eigenvalue weighted by molar-refractivity contribution is 7.88. The van der Waals surface area contributed by atoms with Crippen LogP contribution >= 0.6 is 0 Å². The first-order valence-corrected chi connectivity index (χ1v) is 15.3. The molecule has 1 N–H and O–H groups in total. The molecule has 0 unspecified atom stereocenters. The minimum absolute atomic E-state index is 0.0380. The molecule has 0 aromatic heterocycles. The van der Waals surface area contributed by atoms with E-state index in [0.29, 0.717) is 31.3 Å². The first-order chi connectivity index (χ1) is 17.0. The summed E-state index contributed by atoms with van der Waals surface area (Å²) in [5.41, 5.74) is 2.53. The number of hydrazine groups is 1. The number of carbonyl (C=O) groups excluding carboxylic acids is 2. The third kappa shape index (κ3) is 10.6. The van der Waals surface area contributed by atoms with Crippen LogP contribution in [-0.4, -0.2) is 75.1 Å². The predicted octanol–water partition coefficient (Wildman–Crippen LogP) is 3.09. The number of hydrogen-bond acceptors (Lipinski definition) is 7. The molecule has 2 fully saturated rings. The molecule has 2 aliphatic heterocycles. The summed E-state index contributed by atoms with van der Waals surface area (Å²) >= 11 is 0. The fourth-order valence-corrected chi connectivity index (χ4v) is 5.79. The van der Waals surface area contributed by atoms with Gasteiger partial charge in [-0.05, 0) is 56.3 Å². The Morgan fingerprint density at radius 1 is 1.03 bits per heavy atom. The number of sulfonamides is 1. The summed E-state index contributed by atoms with van der Waals surface area (Å²) in [7, 11) is -3.65. The number of rotatable bonds is 14. The van der Waals surface area contributed by atoms with E-state index in [4.69, 9.17) is 14.3 Å². The minimum Gasteiger partial charge on any atom is -0.381 e. The Balaban J connectivity index is 1.92. The first-order valence-electron chi connectivity index (χ1n) is 13.4. The largest absolute Gasteiger partial charge is 0.381 e. The summed E-state index contributed by atoms with van der Waals surface area (Å²) in [5.74, 6) is 0.463. The quantitative estimate of drug-likeness (QED) is 0.341. The van der Waals surface area contributed by atoms with Crippen LogP contribution in [0.1, 0.15) is 79.1 Å². The molecule has 2 atom stereocenters. The smallest absolute Gasteiger partial charge is 0.243 e. The molecule has 36 heavy (non-hydrogen) atoms. The van der Waals surface area contributed by atoms with E-state index in [-0.39, 0.29) is 49.6 Å². The third-order valence-corrected chi connectivity index (χ3v) is 7.76. The number of hydrogen-bond donors (Lipinski definition) is 1. The van der Waals surface area contributed by atoms with Crippen LogP contribution in [0.25, 0.3) is 0 Å². The van der Waals surface area contributed by atoms with Crippen molar-refractivity contribution in [3.05, 3.63) is 0 Å². The summed E-state index contributed by atoms with van der Waals surface area (Å²) in [5, 5.41) is 1.30. The van der Waals surface area contributed by atoms with E-state index in [9.17, 15) is 18.0 Å². The Hall–Kier alpha value is -1.27. The first kappa shape index (κ1) is 31.0. The Morgan fingerprint density at radius 3 is 2.33 bits per heavy atom. The lowest BCUT2D eigenvalue weighted by molar-refractivity contribution is -0.235. The maximum atomic E-state index is 13.0. The average Bonchev–Trinajstić information content (AvgIpc) is 2.82. The molecule has 0 aliphatic carbocycles. The van der Waals surface area contributed by atoms with Crippen LogP contribution in [0.4, 0.5) is 0 Å². The van der Waals surface area contributed by atoms with Crippen molar-refractivity contribution in [1.29, 1.82) is 0 Å². The van der Waals surface area contributed by atoms with Crippen LogP contribution in [0.2, 0.25) is 0 Å². The van der Waals surface area contributed by atoms with Crippen LogP contribution in [0.15, 0.2) is 0 Å². The van der Waals surface area contributed by atoms with Gasteiger partial charge in [0.25, 0.3) is 0 Å². The average molecular weight is 534 g/mol. The molecule has 2 aliphatic rings. The predicted molar refractivity (Wildman–Crippen MR) is 137 cm³/mol. The van der Waals surface area contributed by atoms with Gasteiger partial charge in [0, 0.05) is 51.7 Å². The van der Waals surface area contributed by atoms with E-state index >= 15 is 0 Å². The number of carbonyl (C=O) groups is 2. The van der Waals surface area contributed by atoms with Crippen molar-refractivity contribution in [3.8, 4) is 0 Å². The lowest BCUT2D eigenvalue weighted by Gasteiger charge is -2.37. The van der Waals surface area contributed by atoms with Crippen molar-refractivity contribution in [2.45, 2.75) is 85.4 Å². The van der Waals surface area contributed by atoms with Gasteiger partial charge >= 0.3 is 0 Å². The Kier molecular flexibility index (Phi) is 13.1. The number of ether oxygens (including phenoxy) is 2. The van der Waals surface area contributed by atoms with Crippen molar-refractivity contribution in [1.82, 2.24) is 14.9 Å². The zero-order valence-corrected chi connectivity index (χ0v) is 23.6. The fourth-order valence-electron chi connectivity index (χ4n) is 4.69. The maximum Gasteiger partial charge on any atom is 0.243 e. The van der Waals surface area contributed by atoms with Crippen LogP contribution < -0.4 is 5.48 Å². The molecule has 10 nitrogen and oxygen atoms in total. The molecule has 2 amide bonds. The van der Waals surface area contributed by atoms with Crippen LogP contribution in [-0.2, 0) is 33.9 Å². The minimum atomic E-state index is -3.65. The van der Waals surface area contributed by atoms with Crippen LogP contribution in [0.3, 0.4) is 0 Å². The molecular formula is C25H47N3O7S. The highest BCUT2D eigenvalue weighted by atomic mass is 32.2. The Labute approximate surface area is 217 Å². The Bertz CT molecular complexity index is 785. The Morgan fingerprint density at radius 2 is 1.72 bits per heavy atom. The van der Waals surface area contributed by atoms with Crippen molar-refractivity contribution in [2.24, 2.45) is 23.7 Å². The van der Waals surface area contributed by atoms with Crippen molar-refractivity contribution < 1.29 is 32.3 Å². The zero-order chi connectivity index (χ0) is 26.7. The topological polar surface area (TPSA) is 114 Å². The number of nitrogens with zero attached hydrogens (tertiary/aromatic N) is 2. The SMILES string of the molecule is CC(C)CCC(=O)N(CCCC(=O)NO[C@@H]1OCCC[C@@H]1C1CCOCC1)N(CC(C)C)S(C)(=O)=O. The molecule has 2 heterocycles. The summed E-state index contributed by atoms with van der Waals surface area (Å²) < 4.78 is 37.4. The molecule has 210 valence electrons.